The van der Waals surface area contributed by atoms with Gasteiger partial charge in [-0.1, -0.05) is 30.3 Å². The molecule has 3 aromatic rings. The highest BCUT2D eigenvalue weighted by Gasteiger charge is 2.34. The third kappa shape index (κ3) is 6.92. The van der Waals surface area contributed by atoms with E-state index >= 15 is 0 Å². The first-order valence-corrected chi connectivity index (χ1v) is 15.6. The molecule has 0 bridgehead atoms. The largest absolute Gasteiger partial charge is 0.416 e. The second-order valence-electron chi connectivity index (χ2n) is 8.51. The molecule has 1 fully saturated rings. The quantitative estimate of drug-likeness (QED) is 0.283. The van der Waals surface area contributed by atoms with Gasteiger partial charge in [-0.05, 0) is 67.4 Å². The molecule has 0 aliphatic heterocycles. The fourth-order valence-electron chi connectivity index (χ4n) is 3.48. The van der Waals surface area contributed by atoms with Gasteiger partial charge >= 0.3 is 6.18 Å². The number of carbonyl (C=O) groups excluding carboxylic acids is 1. The molecule has 1 aliphatic carbocycles. The number of hydrogen-bond acceptors (Lipinski definition) is 7. The molecule has 1 saturated carbocycles. The van der Waals surface area contributed by atoms with E-state index in [-0.39, 0.29) is 34.7 Å². The molecule has 0 saturated heterocycles. The van der Waals surface area contributed by atoms with Gasteiger partial charge in [0.25, 0.3) is 10.0 Å². The number of alkyl halides is 3. The summed E-state index contributed by atoms with van der Waals surface area (Å²) in [5, 5.41) is -0.627. The maximum atomic E-state index is 13.0. The average molecular weight is 620 g/mol. The smallest absolute Gasteiger partial charge is 0.292 e. The van der Waals surface area contributed by atoms with E-state index in [2.05, 4.69) is 14.4 Å². The standard InChI is InChI=1S/C24H21ClF3N3O5S3/c1-2-29-38(33,34)17-8-6-16(7-9-17)37-19-10-12-21(30-22(19)23(32)14-3-4-14)31-39(35,36)20-11-5-15(13-18(20)25)24(26,27)28/h5-14,29H,2-4H2,1H3,(H,30,31). The van der Waals surface area contributed by atoms with E-state index in [1.165, 1.54) is 24.3 Å². The SMILES string of the molecule is CCNS(=O)(=O)c1ccc(Sc2ccc(NS(=O)(=O)c3ccc(C(F)(F)F)cc3Cl)nc2C(=O)C2CC2)cc1. The van der Waals surface area contributed by atoms with Gasteiger partial charge in [0.2, 0.25) is 10.0 Å². The Hall–Kier alpha value is -2.65. The van der Waals surface area contributed by atoms with Crippen LogP contribution in [0.5, 0.6) is 0 Å². The molecule has 0 spiro atoms. The van der Waals surface area contributed by atoms with Crippen LogP contribution in [-0.4, -0.2) is 34.1 Å². The van der Waals surface area contributed by atoms with Crippen LogP contribution in [0, 0.1) is 5.92 Å². The minimum Gasteiger partial charge on any atom is -0.292 e. The Morgan fingerprint density at radius 2 is 1.69 bits per heavy atom. The number of anilines is 1. The van der Waals surface area contributed by atoms with Crippen LogP contribution in [0.2, 0.25) is 5.02 Å². The molecule has 1 heterocycles. The maximum Gasteiger partial charge on any atom is 0.416 e. The molecule has 1 aromatic heterocycles. The molecule has 1 aliphatic rings. The van der Waals surface area contributed by atoms with Crippen molar-refractivity contribution in [3.05, 3.63) is 70.9 Å². The lowest BCUT2D eigenvalue weighted by Crippen LogP contribution is -2.22. The molecular weight excluding hydrogens is 599 g/mol. The van der Waals surface area contributed by atoms with Gasteiger partial charge in [-0.2, -0.15) is 13.2 Å². The predicted octanol–water partition coefficient (Wildman–Crippen LogP) is 5.60. The van der Waals surface area contributed by atoms with Gasteiger partial charge in [-0.3, -0.25) is 9.52 Å². The Balaban J connectivity index is 1.62. The van der Waals surface area contributed by atoms with Crippen molar-refractivity contribution in [2.45, 2.75) is 45.5 Å². The van der Waals surface area contributed by atoms with Crippen molar-refractivity contribution in [1.82, 2.24) is 9.71 Å². The summed E-state index contributed by atoms with van der Waals surface area (Å²) in [6, 6.07) is 10.7. The Morgan fingerprint density at radius 3 is 2.26 bits per heavy atom. The second kappa shape index (κ2) is 11.1. The van der Waals surface area contributed by atoms with Gasteiger partial charge in [0, 0.05) is 22.3 Å². The Labute approximate surface area is 232 Å². The molecule has 0 atom stereocenters. The van der Waals surface area contributed by atoms with E-state index in [1.54, 1.807) is 19.1 Å². The summed E-state index contributed by atoms with van der Waals surface area (Å²) in [4.78, 5) is 17.7. The van der Waals surface area contributed by atoms with Crippen LogP contribution < -0.4 is 9.44 Å². The number of sulfonamides is 2. The van der Waals surface area contributed by atoms with Crippen molar-refractivity contribution >= 4 is 55.0 Å². The lowest BCUT2D eigenvalue weighted by Gasteiger charge is -2.14. The third-order valence-electron chi connectivity index (χ3n) is 5.52. The van der Waals surface area contributed by atoms with Crippen molar-refractivity contribution in [3.63, 3.8) is 0 Å². The molecule has 0 radical (unpaired) electrons. The Bertz CT molecular complexity index is 1630. The van der Waals surface area contributed by atoms with Crippen LogP contribution in [0.15, 0.2) is 74.2 Å². The number of pyridine rings is 1. The highest BCUT2D eigenvalue weighted by molar-refractivity contribution is 7.99. The van der Waals surface area contributed by atoms with Gasteiger partial charge in [0.15, 0.2) is 5.78 Å². The first kappa shape index (κ1) is 29.3. The van der Waals surface area contributed by atoms with E-state index in [4.69, 9.17) is 11.6 Å². The molecule has 15 heteroatoms. The Kier molecular flexibility index (Phi) is 8.34. The maximum absolute atomic E-state index is 13.0. The van der Waals surface area contributed by atoms with E-state index < -0.39 is 41.7 Å². The summed E-state index contributed by atoms with van der Waals surface area (Å²) in [7, 11) is -8.08. The van der Waals surface area contributed by atoms with Crippen LogP contribution in [-0.2, 0) is 26.2 Å². The van der Waals surface area contributed by atoms with E-state index in [9.17, 15) is 34.8 Å². The molecule has 8 nitrogen and oxygen atoms in total. The van der Waals surface area contributed by atoms with Gasteiger partial charge in [-0.25, -0.2) is 26.5 Å². The zero-order valence-electron chi connectivity index (χ0n) is 20.1. The number of nitrogens with zero attached hydrogens (tertiary/aromatic N) is 1. The predicted molar refractivity (Wildman–Crippen MR) is 140 cm³/mol. The summed E-state index contributed by atoms with van der Waals surface area (Å²) in [5.74, 6) is -0.746. The van der Waals surface area contributed by atoms with Gasteiger partial charge in [-0.15, -0.1) is 0 Å². The van der Waals surface area contributed by atoms with Crippen LogP contribution in [0.25, 0.3) is 0 Å². The average Bonchev–Trinajstić information content (AvgIpc) is 3.69. The molecule has 0 unspecified atom stereocenters. The minimum absolute atomic E-state index is 0.0190. The van der Waals surface area contributed by atoms with Crippen molar-refractivity contribution in [1.29, 1.82) is 0 Å². The third-order valence-corrected chi connectivity index (χ3v) is 9.98. The first-order chi connectivity index (χ1) is 18.2. The number of ketones is 1. The van der Waals surface area contributed by atoms with Crippen LogP contribution in [0.1, 0.15) is 35.8 Å². The number of halogens is 4. The molecule has 39 heavy (non-hydrogen) atoms. The lowest BCUT2D eigenvalue weighted by atomic mass is 10.2. The molecule has 2 aromatic carbocycles. The van der Waals surface area contributed by atoms with Crippen molar-refractivity contribution in [2.75, 3.05) is 11.3 Å². The van der Waals surface area contributed by atoms with E-state index in [0.717, 1.165) is 17.8 Å². The summed E-state index contributed by atoms with van der Waals surface area (Å²) in [5.41, 5.74) is -1.08. The first-order valence-electron chi connectivity index (χ1n) is 11.4. The minimum atomic E-state index is -4.70. The number of Topliss-reactive ketones (excluding diaryl/α,β-unsaturated/α-hetero) is 1. The van der Waals surface area contributed by atoms with Crippen molar-refractivity contribution in [3.8, 4) is 0 Å². The molecule has 0 amide bonds. The zero-order chi connectivity index (χ0) is 28.6. The number of benzene rings is 2. The van der Waals surface area contributed by atoms with Gasteiger partial charge in [0.05, 0.1) is 15.5 Å². The summed E-state index contributed by atoms with van der Waals surface area (Å²) in [6.07, 6.45) is -3.37. The van der Waals surface area contributed by atoms with Crippen molar-refractivity contribution in [2.24, 2.45) is 5.92 Å². The zero-order valence-corrected chi connectivity index (χ0v) is 23.3. The summed E-state index contributed by atoms with van der Waals surface area (Å²) < 4.78 is 93.5. The fourth-order valence-corrected chi connectivity index (χ4v) is 6.97. The molecule has 4 rings (SSSR count). The monoisotopic (exact) mass is 619 g/mol. The topological polar surface area (TPSA) is 122 Å². The van der Waals surface area contributed by atoms with Crippen LogP contribution in [0.3, 0.4) is 0 Å². The van der Waals surface area contributed by atoms with Crippen LogP contribution in [0.4, 0.5) is 19.0 Å². The molecule has 2 N–H and O–H groups in total. The fraction of sp³-hybridized carbons (Fsp3) is 0.250. The molecular formula is C24H21ClF3N3O5S3. The summed E-state index contributed by atoms with van der Waals surface area (Å²) >= 11 is 7.00. The Morgan fingerprint density at radius 1 is 1.03 bits per heavy atom. The second-order valence-corrected chi connectivity index (χ2v) is 13.4. The number of hydrogen-bond donors (Lipinski definition) is 2. The van der Waals surface area contributed by atoms with E-state index in [0.29, 0.717) is 34.8 Å². The number of nitrogens with one attached hydrogen (secondary N) is 2. The van der Waals surface area contributed by atoms with Gasteiger partial charge in [0.1, 0.15) is 16.4 Å². The van der Waals surface area contributed by atoms with Crippen molar-refractivity contribution < 1.29 is 34.8 Å². The normalized spacial score (nSPS) is 14.3. The lowest BCUT2D eigenvalue weighted by molar-refractivity contribution is -0.137. The number of rotatable bonds is 10. The number of aromatic nitrogens is 1. The van der Waals surface area contributed by atoms with Gasteiger partial charge < -0.3 is 0 Å². The number of carbonyl (C=O) groups is 1. The highest BCUT2D eigenvalue weighted by atomic mass is 35.5. The highest BCUT2D eigenvalue weighted by Crippen LogP contribution is 2.38. The van der Waals surface area contributed by atoms with E-state index in [1.807, 2.05) is 0 Å². The van der Waals surface area contributed by atoms with Crippen LogP contribution >= 0.6 is 23.4 Å². The summed E-state index contributed by atoms with van der Waals surface area (Å²) in [6.45, 7) is 1.90. The molecule has 208 valence electrons.